The third-order valence-electron chi connectivity index (χ3n) is 6.99. The van der Waals surface area contributed by atoms with Gasteiger partial charge >= 0.3 is 12.0 Å². The first kappa shape index (κ1) is 29.8. The van der Waals surface area contributed by atoms with Gasteiger partial charge in [-0.05, 0) is 73.6 Å². The normalized spacial score (nSPS) is 11.0. The van der Waals surface area contributed by atoms with Gasteiger partial charge in [0.15, 0.2) is 0 Å². The van der Waals surface area contributed by atoms with Crippen molar-refractivity contribution in [3.8, 4) is 11.1 Å². The number of amides is 2. The van der Waals surface area contributed by atoms with Gasteiger partial charge in [0, 0.05) is 31.8 Å². The molecule has 4 aromatic rings. The third-order valence-corrected chi connectivity index (χ3v) is 6.99. The number of hydrogen-bond acceptors (Lipinski definition) is 5. The van der Waals surface area contributed by atoms with Gasteiger partial charge in [0.25, 0.3) is 0 Å². The average molecular weight is 557 g/mol. The molecule has 4 rings (SSSR count). The Morgan fingerprint density at radius 1 is 0.951 bits per heavy atom. The Kier molecular flexibility index (Phi) is 10.9. The van der Waals surface area contributed by atoms with Crippen LogP contribution in [0.2, 0.25) is 0 Å². The van der Waals surface area contributed by atoms with Crippen LogP contribution in [-0.4, -0.2) is 46.4 Å². The summed E-state index contributed by atoms with van der Waals surface area (Å²) in [6.07, 6.45) is 5.43. The fourth-order valence-corrected chi connectivity index (χ4v) is 4.84. The molecule has 216 valence electrons. The third kappa shape index (κ3) is 7.95. The number of carbonyl (C=O) groups is 2. The number of benzene rings is 3. The number of ether oxygens (including phenoxy) is 1. The van der Waals surface area contributed by atoms with Gasteiger partial charge in [-0.25, -0.2) is 14.6 Å². The molecule has 0 fully saturated rings. The number of unbranched alkanes of at least 4 members (excludes halogenated alkanes) is 3. The summed E-state index contributed by atoms with van der Waals surface area (Å²) in [7, 11) is 0. The highest BCUT2D eigenvalue weighted by atomic mass is 16.5. The van der Waals surface area contributed by atoms with E-state index in [0.717, 1.165) is 72.1 Å². The van der Waals surface area contributed by atoms with Crippen molar-refractivity contribution in [1.29, 1.82) is 0 Å². The molecule has 0 aliphatic heterocycles. The molecular formula is C33H40N4O4. The first-order valence-electron chi connectivity index (χ1n) is 14.5. The largest absolute Gasteiger partial charge is 0.462 e. The number of nitrogens with one attached hydrogen (secondary N) is 2. The number of carbonyl (C=O) groups excluding carboxylic acids is 2. The highest BCUT2D eigenvalue weighted by Gasteiger charge is 2.15. The van der Waals surface area contributed by atoms with E-state index in [1.807, 2.05) is 48.5 Å². The zero-order valence-electron chi connectivity index (χ0n) is 24.0. The van der Waals surface area contributed by atoms with E-state index >= 15 is 0 Å². The van der Waals surface area contributed by atoms with E-state index in [4.69, 9.17) is 14.8 Å². The molecule has 0 aliphatic rings. The van der Waals surface area contributed by atoms with E-state index in [1.165, 1.54) is 0 Å². The van der Waals surface area contributed by atoms with Crippen LogP contribution in [-0.2, 0) is 17.7 Å². The summed E-state index contributed by atoms with van der Waals surface area (Å²) in [5, 5.41) is 14.7. The fourth-order valence-electron chi connectivity index (χ4n) is 4.84. The highest BCUT2D eigenvalue weighted by Crippen LogP contribution is 2.27. The van der Waals surface area contributed by atoms with Crippen molar-refractivity contribution < 1.29 is 19.4 Å². The number of aliphatic hydroxyl groups excluding tert-OH is 1. The van der Waals surface area contributed by atoms with Crippen LogP contribution in [0.25, 0.3) is 22.2 Å². The van der Waals surface area contributed by atoms with Crippen LogP contribution in [0.4, 0.5) is 10.5 Å². The highest BCUT2D eigenvalue weighted by molar-refractivity contribution is 5.97. The van der Waals surface area contributed by atoms with Crippen LogP contribution in [0.15, 0.2) is 66.7 Å². The molecule has 8 heteroatoms. The molecule has 41 heavy (non-hydrogen) atoms. The van der Waals surface area contributed by atoms with Gasteiger partial charge in [0.05, 0.1) is 23.2 Å². The molecule has 0 atom stereocenters. The molecule has 1 aromatic heterocycles. The van der Waals surface area contributed by atoms with Crippen LogP contribution >= 0.6 is 0 Å². The summed E-state index contributed by atoms with van der Waals surface area (Å²) < 4.78 is 7.48. The zero-order chi connectivity index (χ0) is 29.0. The summed E-state index contributed by atoms with van der Waals surface area (Å²) >= 11 is 0. The standard InChI is InChI=1S/C33H40N4O4/c1-3-5-13-31-36-29-19-18-26(35-33(40)34-20-9-6-10-21-38)22-30(29)37(31)23-24-14-16-25(17-15-24)27-11-7-8-12-28(27)32(39)41-4-2/h7-8,11-12,14-19,22,38H,3-6,9-10,13,20-21,23H2,1-2H3,(H2,34,35,40). The first-order chi connectivity index (χ1) is 20.0. The van der Waals surface area contributed by atoms with E-state index in [2.05, 4.69) is 34.3 Å². The predicted molar refractivity (Wildman–Crippen MR) is 163 cm³/mol. The van der Waals surface area contributed by atoms with Crippen molar-refractivity contribution in [3.63, 3.8) is 0 Å². The maximum Gasteiger partial charge on any atom is 0.338 e. The molecule has 3 aromatic carbocycles. The minimum atomic E-state index is -0.322. The van der Waals surface area contributed by atoms with E-state index in [0.29, 0.717) is 30.9 Å². The average Bonchev–Trinajstić information content (AvgIpc) is 3.32. The summed E-state index contributed by atoms with van der Waals surface area (Å²) in [6.45, 7) is 5.68. The fraction of sp³-hybridized carbons (Fsp3) is 0.364. The zero-order valence-corrected chi connectivity index (χ0v) is 24.0. The van der Waals surface area contributed by atoms with Crippen molar-refractivity contribution >= 4 is 28.7 Å². The smallest absolute Gasteiger partial charge is 0.338 e. The number of anilines is 1. The second-order valence-electron chi connectivity index (χ2n) is 10.0. The van der Waals surface area contributed by atoms with Crippen LogP contribution in [0.3, 0.4) is 0 Å². The van der Waals surface area contributed by atoms with E-state index in [9.17, 15) is 9.59 Å². The molecule has 2 amide bonds. The number of urea groups is 1. The number of nitrogens with zero attached hydrogens (tertiary/aromatic N) is 2. The van der Waals surface area contributed by atoms with E-state index in [-0.39, 0.29) is 18.6 Å². The summed E-state index contributed by atoms with van der Waals surface area (Å²) in [4.78, 5) is 29.8. The minimum absolute atomic E-state index is 0.174. The number of fused-ring (bicyclic) bond motifs is 1. The van der Waals surface area contributed by atoms with Gasteiger partial charge in [-0.2, -0.15) is 0 Å². The van der Waals surface area contributed by atoms with Gasteiger partial charge in [-0.3, -0.25) is 0 Å². The number of aromatic nitrogens is 2. The molecule has 0 spiro atoms. The van der Waals surface area contributed by atoms with E-state index < -0.39 is 0 Å². The molecule has 0 radical (unpaired) electrons. The summed E-state index contributed by atoms with van der Waals surface area (Å²) in [6, 6.07) is 21.3. The maximum absolute atomic E-state index is 12.5. The molecular weight excluding hydrogens is 516 g/mol. The number of aryl methyl sites for hydroxylation is 1. The first-order valence-corrected chi connectivity index (χ1v) is 14.5. The number of hydrogen-bond donors (Lipinski definition) is 3. The van der Waals surface area contributed by atoms with Gasteiger partial charge in [0.1, 0.15) is 5.82 Å². The van der Waals surface area contributed by atoms with Gasteiger partial charge in [-0.15, -0.1) is 0 Å². The Balaban J connectivity index is 1.55. The molecule has 8 nitrogen and oxygen atoms in total. The lowest BCUT2D eigenvalue weighted by molar-refractivity contribution is 0.0527. The Labute approximate surface area is 241 Å². The number of imidazole rings is 1. The van der Waals surface area contributed by atoms with Crippen LogP contribution in [0, 0.1) is 0 Å². The van der Waals surface area contributed by atoms with Crippen molar-refractivity contribution in [1.82, 2.24) is 14.9 Å². The number of rotatable bonds is 14. The lowest BCUT2D eigenvalue weighted by atomic mass is 9.98. The Hall–Kier alpha value is -4.17. The SMILES string of the molecule is CCCCc1nc2ccc(NC(=O)NCCCCCO)cc2n1Cc1ccc(-c2ccccc2C(=O)OCC)cc1. The monoisotopic (exact) mass is 556 g/mol. The maximum atomic E-state index is 12.5. The molecule has 1 heterocycles. The number of esters is 1. The Morgan fingerprint density at radius 3 is 2.51 bits per heavy atom. The predicted octanol–water partition coefficient (Wildman–Crippen LogP) is 6.56. The van der Waals surface area contributed by atoms with Gasteiger partial charge in [0.2, 0.25) is 0 Å². The molecule has 0 bridgehead atoms. The van der Waals surface area contributed by atoms with Crippen molar-refractivity contribution in [3.05, 3.63) is 83.7 Å². The van der Waals surface area contributed by atoms with Crippen molar-refractivity contribution in [2.75, 3.05) is 25.1 Å². The van der Waals surface area contributed by atoms with Gasteiger partial charge < -0.3 is 25.0 Å². The summed E-state index contributed by atoms with van der Waals surface area (Å²) in [5.41, 5.74) is 6.03. The van der Waals surface area contributed by atoms with Crippen molar-refractivity contribution in [2.45, 2.75) is 58.9 Å². The topological polar surface area (TPSA) is 105 Å². The lowest BCUT2D eigenvalue weighted by Crippen LogP contribution is -2.29. The Morgan fingerprint density at radius 2 is 1.76 bits per heavy atom. The second kappa shape index (κ2) is 15.0. The molecule has 0 aliphatic carbocycles. The van der Waals surface area contributed by atoms with E-state index in [1.54, 1.807) is 13.0 Å². The van der Waals surface area contributed by atoms with Crippen molar-refractivity contribution in [2.24, 2.45) is 0 Å². The quantitative estimate of drug-likeness (QED) is 0.121. The molecule has 0 unspecified atom stereocenters. The van der Waals surface area contributed by atoms with Gasteiger partial charge in [-0.1, -0.05) is 55.8 Å². The Bertz CT molecular complexity index is 1450. The molecule has 0 saturated heterocycles. The van der Waals surface area contributed by atoms with Crippen LogP contribution in [0.5, 0.6) is 0 Å². The lowest BCUT2D eigenvalue weighted by Gasteiger charge is -2.12. The summed E-state index contributed by atoms with van der Waals surface area (Å²) in [5.74, 6) is 0.696. The second-order valence-corrected chi connectivity index (χ2v) is 10.0. The van der Waals surface area contributed by atoms with Crippen LogP contribution in [0.1, 0.15) is 67.7 Å². The molecule has 3 N–H and O–H groups in total. The van der Waals surface area contributed by atoms with Crippen LogP contribution < -0.4 is 10.6 Å². The molecule has 0 saturated carbocycles. The number of aliphatic hydroxyl groups is 1. The minimum Gasteiger partial charge on any atom is -0.462 e.